The standard InChI is InChI=1S/C16H16BrN3O2/c1-11(21)19-14-6-8-15(9-7-14)20-16(22)18-10-12-2-4-13(17)5-3-12/h2-9H,10H2,1H3,(H,19,21)(H2,18,20,22). The van der Waals surface area contributed by atoms with E-state index in [9.17, 15) is 9.59 Å². The van der Waals surface area contributed by atoms with Gasteiger partial charge < -0.3 is 16.0 Å². The quantitative estimate of drug-likeness (QED) is 0.776. The zero-order valence-electron chi connectivity index (χ0n) is 12.0. The summed E-state index contributed by atoms with van der Waals surface area (Å²) in [6.07, 6.45) is 0. The molecular weight excluding hydrogens is 346 g/mol. The molecule has 0 aliphatic heterocycles. The predicted octanol–water partition coefficient (Wildman–Crippen LogP) is 3.73. The summed E-state index contributed by atoms with van der Waals surface area (Å²) < 4.78 is 1.000. The molecule has 0 heterocycles. The maximum atomic E-state index is 11.8. The second kappa shape index (κ2) is 7.61. The summed E-state index contributed by atoms with van der Waals surface area (Å²) in [7, 11) is 0. The number of urea groups is 1. The molecule has 2 aromatic rings. The van der Waals surface area contributed by atoms with Crippen LogP contribution in [0.15, 0.2) is 53.0 Å². The van der Waals surface area contributed by atoms with Gasteiger partial charge >= 0.3 is 6.03 Å². The van der Waals surface area contributed by atoms with Crippen molar-refractivity contribution in [1.82, 2.24) is 5.32 Å². The number of carbonyl (C=O) groups is 2. The van der Waals surface area contributed by atoms with Gasteiger partial charge in [-0.2, -0.15) is 0 Å². The van der Waals surface area contributed by atoms with Crippen molar-refractivity contribution in [2.75, 3.05) is 10.6 Å². The summed E-state index contributed by atoms with van der Waals surface area (Å²) in [6, 6.07) is 14.4. The molecule has 0 aliphatic carbocycles. The second-order valence-electron chi connectivity index (χ2n) is 4.69. The molecule has 0 atom stereocenters. The van der Waals surface area contributed by atoms with Gasteiger partial charge in [0.15, 0.2) is 0 Å². The molecule has 2 rings (SSSR count). The summed E-state index contributed by atoms with van der Waals surface area (Å²) in [5, 5.41) is 8.18. The molecule has 2 aromatic carbocycles. The van der Waals surface area contributed by atoms with Crippen LogP contribution in [0.1, 0.15) is 12.5 Å². The minimum absolute atomic E-state index is 0.132. The number of carbonyl (C=O) groups excluding carboxylic acids is 2. The zero-order valence-corrected chi connectivity index (χ0v) is 13.6. The molecule has 6 heteroatoms. The first-order valence-corrected chi connectivity index (χ1v) is 7.49. The van der Waals surface area contributed by atoms with Crippen LogP contribution in [0.2, 0.25) is 0 Å². The minimum atomic E-state index is -0.282. The Kier molecular flexibility index (Phi) is 5.55. The van der Waals surface area contributed by atoms with E-state index in [4.69, 9.17) is 0 Å². The second-order valence-corrected chi connectivity index (χ2v) is 5.61. The van der Waals surface area contributed by atoms with E-state index in [0.29, 0.717) is 17.9 Å². The number of amides is 3. The highest BCUT2D eigenvalue weighted by atomic mass is 79.9. The molecule has 3 N–H and O–H groups in total. The molecule has 0 fully saturated rings. The third kappa shape index (κ3) is 5.21. The Bertz CT molecular complexity index is 654. The first kappa shape index (κ1) is 16.0. The molecule has 5 nitrogen and oxygen atoms in total. The SMILES string of the molecule is CC(=O)Nc1ccc(NC(=O)NCc2ccc(Br)cc2)cc1. The molecule has 0 radical (unpaired) electrons. The Labute approximate surface area is 137 Å². The molecule has 0 bridgehead atoms. The van der Waals surface area contributed by atoms with Crippen molar-refractivity contribution in [3.05, 3.63) is 58.6 Å². The Morgan fingerprint density at radius 3 is 2.00 bits per heavy atom. The summed E-state index contributed by atoms with van der Waals surface area (Å²) in [4.78, 5) is 22.7. The van der Waals surface area contributed by atoms with Gasteiger partial charge in [0, 0.05) is 29.3 Å². The van der Waals surface area contributed by atoms with Crippen LogP contribution in [0.5, 0.6) is 0 Å². The molecule has 0 unspecified atom stereocenters. The number of rotatable bonds is 4. The number of hydrogen-bond acceptors (Lipinski definition) is 2. The maximum Gasteiger partial charge on any atom is 0.319 e. The zero-order chi connectivity index (χ0) is 15.9. The maximum absolute atomic E-state index is 11.8. The normalized spacial score (nSPS) is 9.91. The molecule has 114 valence electrons. The smallest absolute Gasteiger partial charge is 0.319 e. The van der Waals surface area contributed by atoms with E-state index in [-0.39, 0.29) is 11.9 Å². The third-order valence-corrected chi connectivity index (χ3v) is 3.36. The van der Waals surface area contributed by atoms with E-state index in [1.165, 1.54) is 6.92 Å². The Balaban J connectivity index is 1.83. The molecule has 22 heavy (non-hydrogen) atoms. The number of anilines is 2. The number of nitrogens with one attached hydrogen (secondary N) is 3. The lowest BCUT2D eigenvalue weighted by molar-refractivity contribution is -0.114. The van der Waals surface area contributed by atoms with Crippen molar-refractivity contribution in [1.29, 1.82) is 0 Å². The van der Waals surface area contributed by atoms with E-state index in [2.05, 4.69) is 31.9 Å². The summed E-state index contributed by atoms with van der Waals surface area (Å²) in [5.74, 6) is -0.132. The average molecular weight is 362 g/mol. The fourth-order valence-corrected chi connectivity index (χ4v) is 2.06. The highest BCUT2D eigenvalue weighted by Crippen LogP contribution is 2.13. The summed E-state index contributed by atoms with van der Waals surface area (Å²) in [6.45, 7) is 1.89. The van der Waals surface area contributed by atoms with Crippen molar-refractivity contribution in [3.63, 3.8) is 0 Å². The minimum Gasteiger partial charge on any atom is -0.334 e. The van der Waals surface area contributed by atoms with Crippen LogP contribution in [-0.2, 0) is 11.3 Å². The largest absolute Gasteiger partial charge is 0.334 e. The molecular formula is C16H16BrN3O2. The van der Waals surface area contributed by atoms with Crippen molar-refractivity contribution in [2.24, 2.45) is 0 Å². The van der Waals surface area contributed by atoms with Crippen LogP contribution in [0.3, 0.4) is 0 Å². The average Bonchev–Trinajstić information content (AvgIpc) is 2.48. The fraction of sp³-hybridized carbons (Fsp3) is 0.125. The van der Waals surface area contributed by atoms with Gasteiger partial charge in [-0.3, -0.25) is 4.79 Å². The fourth-order valence-electron chi connectivity index (χ4n) is 1.80. The molecule has 0 aliphatic rings. The monoisotopic (exact) mass is 361 g/mol. The molecule has 0 saturated carbocycles. The Morgan fingerprint density at radius 1 is 0.909 bits per heavy atom. The summed E-state index contributed by atoms with van der Waals surface area (Å²) in [5.41, 5.74) is 2.36. The van der Waals surface area contributed by atoms with Gasteiger partial charge in [0.05, 0.1) is 0 Å². The van der Waals surface area contributed by atoms with Crippen LogP contribution in [0.25, 0.3) is 0 Å². The topological polar surface area (TPSA) is 70.2 Å². The van der Waals surface area contributed by atoms with E-state index in [1.807, 2.05) is 24.3 Å². The molecule has 3 amide bonds. The van der Waals surface area contributed by atoms with E-state index in [1.54, 1.807) is 24.3 Å². The van der Waals surface area contributed by atoms with Gasteiger partial charge in [-0.25, -0.2) is 4.79 Å². The highest BCUT2D eigenvalue weighted by Gasteiger charge is 2.02. The van der Waals surface area contributed by atoms with Gasteiger partial charge in [-0.1, -0.05) is 28.1 Å². The van der Waals surface area contributed by atoms with E-state index >= 15 is 0 Å². The van der Waals surface area contributed by atoms with Gasteiger partial charge in [-0.05, 0) is 42.0 Å². The van der Waals surface area contributed by atoms with Crippen LogP contribution < -0.4 is 16.0 Å². The van der Waals surface area contributed by atoms with Crippen LogP contribution in [0.4, 0.5) is 16.2 Å². The lowest BCUT2D eigenvalue weighted by Crippen LogP contribution is -2.28. The number of halogens is 1. The van der Waals surface area contributed by atoms with E-state index in [0.717, 1.165) is 10.0 Å². The van der Waals surface area contributed by atoms with Crippen LogP contribution >= 0.6 is 15.9 Å². The van der Waals surface area contributed by atoms with Crippen molar-refractivity contribution in [3.8, 4) is 0 Å². The lowest BCUT2D eigenvalue weighted by atomic mass is 10.2. The number of hydrogen-bond donors (Lipinski definition) is 3. The van der Waals surface area contributed by atoms with Gasteiger partial charge in [0.25, 0.3) is 0 Å². The molecule has 0 spiro atoms. The van der Waals surface area contributed by atoms with Crippen molar-refractivity contribution < 1.29 is 9.59 Å². The van der Waals surface area contributed by atoms with E-state index < -0.39 is 0 Å². The summed E-state index contributed by atoms with van der Waals surface area (Å²) >= 11 is 3.36. The predicted molar refractivity (Wildman–Crippen MR) is 90.7 cm³/mol. The van der Waals surface area contributed by atoms with Gasteiger partial charge in [-0.15, -0.1) is 0 Å². The van der Waals surface area contributed by atoms with Crippen LogP contribution in [-0.4, -0.2) is 11.9 Å². The molecule has 0 aromatic heterocycles. The molecule has 0 saturated heterocycles. The van der Waals surface area contributed by atoms with Gasteiger partial charge in [0.2, 0.25) is 5.91 Å². The van der Waals surface area contributed by atoms with Gasteiger partial charge in [0.1, 0.15) is 0 Å². The van der Waals surface area contributed by atoms with Crippen LogP contribution in [0, 0.1) is 0 Å². The first-order valence-electron chi connectivity index (χ1n) is 6.70. The Hall–Kier alpha value is -2.34. The first-order chi connectivity index (χ1) is 10.5. The lowest BCUT2D eigenvalue weighted by Gasteiger charge is -2.09. The third-order valence-electron chi connectivity index (χ3n) is 2.83. The Morgan fingerprint density at radius 2 is 1.45 bits per heavy atom. The number of benzene rings is 2. The van der Waals surface area contributed by atoms with Crippen molar-refractivity contribution in [2.45, 2.75) is 13.5 Å². The van der Waals surface area contributed by atoms with Crippen molar-refractivity contribution >= 4 is 39.2 Å². The highest BCUT2D eigenvalue weighted by molar-refractivity contribution is 9.10.